The third-order valence-electron chi connectivity index (χ3n) is 11.1. The smallest absolute Gasteiger partial charge is 0.164 e. The SMILES string of the molecule is c1ccc(-c2cc3ccccc3c3ccc4ccccc4c23)c(-c2nc(-c3cccc4oc5ccccc5c34)nc(-c3cccc4oc5ccccc5c34)n2)c1. The molecule has 0 saturated carbocycles. The third-order valence-corrected chi connectivity index (χ3v) is 11.1. The second-order valence-electron chi connectivity index (χ2n) is 14.3. The summed E-state index contributed by atoms with van der Waals surface area (Å²) in [5, 5.41) is 11.2. The quantitative estimate of drug-likeness (QED) is 0.170. The summed E-state index contributed by atoms with van der Waals surface area (Å²) < 4.78 is 12.7. The molecule has 0 aliphatic rings. The maximum absolute atomic E-state index is 6.34. The molecule has 0 spiro atoms. The van der Waals surface area contributed by atoms with Crippen LogP contribution in [-0.2, 0) is 0 Å². The summed E-state index contributed by atoms with van der Waals surface area (Å²) in [5.74, 6) is 1.71. The van der Waals surface area contributed by atoms with Crippen molar-refractivity contribution in [2.24, 2.45) is 0 Å². The Morgan fingerprint density at radius 2 is 0.732 bits per heavy atom. The highest BCUT2D eigenvalue weighted by molar-refractivity contribution is 6.23. The lowest BCUT2D eigenvalue weighted by Gasteiger charge is -2.17. The van der Waals surface area contributed by atoms with Crippen molar-refractivity contribution in [1.29, 1.82) is 0 Å². The van der Waals surface area contributed by atoms with Gasteiger partial charge in [-0.1, -0.05) is 146 Å². The van der Waals surface area contributed by atoms with Gasteiger partial charge in [0.05, 0.1) is 0 Å². The molecular formula is C51H29N3O2. The van der Waals surface area contributed by atoms with E-state index in [-0.39, 0.29) is 0 Å². The van der Waals surface area contributed by atoms with Crippen molar-refractivity contribution >= 4 is 76.2 Å². The van der Waals surface area contributed by atoms with E-state index in [1.165, 1.54) is 32.3 Å². The molecule has 0 bridgehead atoms. The summed E-state index contributed by atoms with van der Waals surface area (Å²) in [7, 11) is 0. The summed E-state index contributed by atoms with van der Waals surface area (Å²) in [4.78, 5) is 16.0. The first-order valence-corrected chi connectivity index (χ1v) is 18.8. The van der Waals surface area contributed by atoms with Crippen LogP contribution < -0.4 is 0 Å². The Hall–Kier alpha value is -7.63. The Morgan fingerprint density at radius 3 is 1.38 bits per heavy atom. The van der Waals surface area contributed by atoms with E-state index in [1.807, 2.05) is 60.7 Å². The lowest BCUT2D eigenvalue weighted by atomic mass is 9.88. The van der Waals surface area contributed by atoms with Gasteiger partial charge in [0, 0.05) is 38.2 Å². The number of rotatable bonds is 4. The highest BCUT2D eigenvalue weighted by Crippen LogP contribution is 2.44. The van der Waals surface area contributed by atoms with E-state index < -0.39 is 0 Å². The van der Waals surface area contributed by atoms with Crippen LogP contribution in [0.4, 0.5) is 0 Å². The Kier molecular flexibility index (Phi) is 6.56. The van der Waals surface area contributed by atoms with E-state index in [9.17, 15) is 0 Å². The van der Waals surface area contributed by atoms with Crippen LogP contribution in [0.3, 0.4) is 0 Å². The Bertz CT molecular complexity index is 3430. The van der Waals surface area contributed by atoms with Crippen molar-refractivity contribution in [2.45, 2.75) is 0 Å². The minimum Gasteiger partial charge on any atom is -0.456 e. The second kappa shape index (κ2) is 11.9. The zero-order chi connectivity index (χ0) is 36.7. The molecule has 0 unspecified atom stereocenters. The zero-order valence-electron chi connectivity index (χ0n) is 29.9. The Morgan fingerprint density at radius 1 is 0.268 bits per heavy atom. The summed E-state index contributed by atoms with van der Waals surface area (Å²) in [5.41, 5.74) is 8.04. The molecule has 12 aromatic rings. The van der Waals surface area contributed by atoms with E-state index in [0.29, 0.717) is 17.5 Å². The van der Waals surface area contributed by atoms with E-state index >= 15 is 0 Å². The molecule has 0 fully saturated rings. The molecule has 9 aromatic carbocycles. The van der Waals surface area contributed by atoms with Crippen molar-refractivity contribution in [3.63, 3.8) is 0 Å². The van der Waals surface area contributed by atoms with E-state index in [4.69, 9.17) is 23.8 Å². The maximum atomic E-state index is 6.34. The van der Waals surface area contributed by atoms with Crippen LogP contribution in [0.15, 0.2) is 185 Å². The molecule has 5 heteroatoms. The van der Waals surface area contributed by atoms with Gasteiger partial charge in [-0.05, 0) is 73.8 Å². The van der Waals surface area contributed by atoms with Crippen LogP contribution >= 0.6 is 0 Å². The second-order valence-corrected chi connectivity index (χ2v) is 14.3. The molecule has 5 nitrogen and oxygen atoms in total. The predicted molar refractivity (Wildman–Crippen MR) is 229 cm³/mol. The van der Waals surface area contributed by atoms with Gasteiger partial charge in [0.2, 0.25) is 0 Å². The first kappa shape index (κ1) is 30.8. The summed E-state index contributed by atoms with van der Waals surface area (Å²) >= 11 is 0. The fourth-order valence-electron chi connectivity index (χ4n) is 8.67. The first-order chi connectivity index (χ1) is 27.8. The molecule has 3 heterocycles. The number of furan rings is 2. The lowest BCUT2D eigenvalue weighted by Crippen LogP contribution is -2.02. The lowest BCUT2D eigenvalue weighted by molar-refractivity contribution is 0.668. The standard InChI is InChI=1S/C51H29N3O2/c1-4-16-33-30(13-1)27-28-35-32-15-3-2-14-31(32)29-41(46(33)35)34-17-5-6-18-36(34)49-52-50(39-21-11-25-44-47(39)37-19-7-9-23-42(37)55-44)54-51(53-49)40-22-12-26-45-48(40)38-20-8-10-24-43(38)56-45/h1-29H. The minimum absolute atomic E-state index is 0.565. The van der Waals surface area contributed by atoms with Gasteiger partial charge in [0.15, 0.2) is 17.5 Å². The number of hydrogen-bond acceptors (Lipinski definition) is 5. The van der Waals surface area contributed by atoms with Crippen LogP contribution in [0.5, 0.6) is 0 Å². The van der Waals surface area contributed by atoms with E-state index in [2.05, 4.69) is 115 Å². The number of benzene rings is 9. The van der Waals surface area contributed by atoms with Crippen LogP contribution in [0, 0.1) is 0 Å². The number of fused-ring (bicyclic) bond motifs is 11. The van der Waals surface area contributed by atoms with Crippen LogP contribution in [0.1, 0.15) is 0 Å². The molecule has 0 aliphatic carbocycles. The van der Waals surface area contributed by atoms with Crippen LogP contribution in [0.2, 0.25) is 0 Å². The summed E-state index contributed by atoms with van der Waals surface area (Å²) in [6.07, 6.45) is 0. The molecule has 56 heavy (non-hydrogen) atoms. The fraction of sp³-hybridized carbons (Fsp3) is 0. The van der Waals surface area contributed by atoms with E-state index in [0.717, 1.165) is 71.7 Å². The Balaban J connectivity index is 1.19. The molecular weight excluding hydrogens is 687 g/mol. The van der Waals surface area contributed by atoms with Gasteiger partial charge in [0.1, 0.15) is 22.3 Å². The van der Waals surface area contributed by atoms with Gasteiger partial charge in [-0.2, -0.15) is 0 Å². The highest BCUT2D eigenvalue weighted by atomic mass is 16.3. The highest BCUT2D eigenvalue weighted by Gasteiger charge is 2.22. The van der Waals surface area contributed by atoms with Gasteiger partial charge in [-0.3, -0.25) is 0 Å². The van der Waals surface area contributed by atoms with Crippen LogP contribution in [-0.4, -0.2) is 15.0 Å². The van der Waals surface area contributed by atoms with Crippen LogP contribution in [0.25, 0.3) is 121 Å². The van der Waals surface area contributed by atoms with Gasteiger partial charge in [0.25, 0.3) is 0 Å². The molecule has 0 amide bonds. The molecule has 0 saturated heterocycles. The molecule has 0 atom stereocenters. The Labute approximate surface area is 320 Å². The van der Waals surface area contributed by atoms with E-state index in [1.54, 1.807) is 0 Å². The topological polar surface area (TPSA) is 65.0 Å². The largest absolute Gasteiger partial charge is 0.456 e. The van der Waals surface area contributed by atoms with Crippen molar-refractivity contribution < 1.29 is 8.83 Å². The first-order valence-electron chi connectivity index (χ1n) is 18.8. The van der Waals surface area contributed by atoms with Gasteiger partial charge in [-0.15, -0.1) is 0 Å². The number of nitrogens with zero attached hydrogens (tertiary/aromatic N) is 3. The summed E-state index contributed by atoms with van der Waals surface area (Å²) in [6.45, 7) is 0. The number of aromatic nitrogens is 3. The number of hydrogen-bond donors (Lipinski definition) is 0. The molecule has 0 aliphatic heterocycles. The predicted octanol–water partition coefficient (Wildman–Crippen LogP) is 13.8. The zero-order valence-corrected chi connectivity index (χ0v) is 29.9. The van der Waals surface area contributed by atoms with Crippen molar-refractivity contribution in [2.75, 3.05) is 0 Å². The van der Waals surface area contributed by atoms with Gasteiger partial charge < -0.3 is 8.83 Å². The third kappa shape index (κ3) is 4.58. The fourth-order valence-corrected chi connectivity index (χ4v) is 8.67. The average molecular weight is 716 g/mol. The molecule has 0 radical (unpaired) electrons. The minimum atomic E-state index is 0.565. The maximum Gasteiger partial charge on any atom is 0.164 e. The van der Waals surface area contributed by atoms with Gasteiger partial charge in [-0.25, -0.2) is 15.0 Å². The van der Waals surface area contributed by atoms with Crippen molar-refractivity contribution in [3.8, 4) is 45.3 Å². The monoisotopic (exact) mass is 715 g/mol. The van der Waals surface area contributed by atoms with Gasteiger partial charge >= 0.3 is 0 Å². The summed E-state index contributed by atoms with van der Waals surface area (Å²) in [6, 6.07) is 61.0. The molecule has 3 aromatic heterocycles. The van der Waals surface area contributed by atoms with Crippen molar-refractivity contribution in [3.05, 3.63) is 176 Å². The average Bonchev–Trinajstić information content (AvgIpc) is 3.84. The molecule has 260 valence electrons. The normalized spacial score (nSPS) is 11.9. The molecule has 12 rings (SSSR count). The van der Waals surface area contributed by atoms with Crippen molar-refractivity contribution in [1.82, 2.24) is 15.0 Å². The number of para-hydroxylation sites is 2. The molecule has 0 N–H and O–H groups in total.